The average molecular weight is 746 g/mol. The van der Waals surface area contributed by atoms with Crippen LogP contribution in [-0.2, 0) is 22.3 Å². The number of aliphatic imine (C=N–C) groups is 1. The molecule has 3 aromatic carbocycles. The van der Waals surface area contributed by atoms with E-state index in [0.717, 1.165) is 23.0 Å². The predicted octanol–water partition coefficient (Wildman–Crippen LogP) is 8.65. The van der Waals surface area contributed by atoms with Gasteiger partial charge in [0.1, 0.15) is 28.8 Å². The molecule has 272 valence electrons. The molecule has 4 rings (SSSR count). The van der Waals surface area contributed by atoms with Crippen molar-refractivity contribution in [2.24, 2.45) is 4.99 Å². The third-order valence-electron chi connectivity index (χ3n) is 7.64. The summed E-state index contributed by atoms with van der Waals surface area (Å²) in [6, 6.07) is 13.8. The van der Waals surface area contributed by atoms with Gasteiger partial charge < -0.3 is 19.9 Å². The van der Waals surface area contributed by atoms with Crippen molar-refractivity contribution in [3.8, 4) is 11.4 Å². The fourth-order valence-electron chi connectivity index (χ4n) is 5.10. The van der Waals surface area contributed by atoms with E-state index in [-0.39, 0.29) is 30.2 Å². The van der Waals surface area contributed by atoms with E-state index in [1.807, 2.05) is 30.5 Å². The van der Waals surface area contributed by atoms with Gasteiger partial charge in [-0.05, 0) is 93.3 Å². The van der Waals surface area contributed by atoms with Crippen molar-refractivity contribution in [1.82, 2.24) is 20.2 Å². The van der Waals surface area contributed by atoms with Gasteiger partial charge in [0.15, 0.2) is 5.16 Å². The van der Waals surface area contributed by atoms with Crippen molar-refractivity contribution in [3.63, 3.8) is 0 Å². The highest BCUT2D eigenvalue weighted by Gasteiger charge is 2.30. The third-order valence-corrected chi connectivity index (χ3v) is 8.93. The van der Waals surface area contributed by atoms with Crippen molar-refractivity contribution in [3.05, 3.63) is 106 Å². The Morgan fingerprint density at radius 3 is 2.29 bits per heavy atom. The Morgan fingerprint density at radius 2 is 1.69 bits per heavy atom. The van der Waals surface area contributed by atoms with Gasteiger partial charge in [-0.2, -0.15) is 0 Å². The zero-order chi connectivity index (χ0) is 37.5. The molecule has 2 amide bonds. The van der Waals surface area contributed by atoms with Crippen LogP contribution in [0.1, 0.15) is 63.4 Å². The van der Waals surface area contributed by atoms with Crippen molar-refractivity contribution in [2.75, 3.05) is 13.7 Å². The quantitative estimate of drug-likeness (QED) is 0.0603. The van der Waals surface area contributed by atoms with E-state index in [4.69, 9.17) is 26.2 Å². The fourth-order valence-corrected chi connectivity index (χ4v) is 6.30. The van der Waals surface area contributed by atoms with Crippen LogP contribution in [0.15, 0.2) is 70.9 Å². The molecule has 4 aromatic rings. The summed E-state index contributed by atoms with van der Waals surface area (Å²) in [7, 11) is 1.53. The Kier molecular flexibility index (Phi) is 12.7. The molecule has 10 nitrogen and oxygen atoms in total. The summed E-state index contributed by atoms with van der Waals surface area (Å²) >= 11 is 7.41. The minimum Gasteiger partial charge on any atom is -0.495 e. The second kappa shape index (κ2) is 16.6. The number of methoxy groups -OCH3 is 1. The van der Waals surface area contributed by atoms with Crippen LogP contribution >= 0.6 is 23.4 Å². The average Bonchev–Trinajstić information content (AvgIpc) is 3.46. The number of carbonyl (C=O) groups is 2. The van der Waals surface area contributed by atoms with Crippen LogP contribution < -0.4 is 15.4 Å². The number of amides is 2. The molecule has 0 aliphatic heterocycles. The highest BCUT2D eigenvalue weighted by Crippen LogP contribution is 2.39. The number of aryl methyl sites for hydroxylation is 1. The lowest BCUT2D eigenvalue weighted by atomic mass is 9.81. The molecule has 0 unspecified atom stereocenters. The number of guanidine groups is 1. The number of imidazole rings is 1. The molecule has 3 N–H and O–H groups in total. The first kappa shape index (κ1) is 39.1. The first-order valence-electron chi connectivity index (χ1n) is 15.8. The summed E-state index contributed by atoms with van der Waals surface area (Å²) in [4.78, 5) is 31.0. The van der Waals surface area contributed by atoms with E-state index >= 15 is 8.78 Å². The monoisotopic (exact) mass is 745 g/mol. The first-order chi connectivity index (χ1) is 24.0. The molecule has 0 atom stereocenters. The minimum atomic E-state index is -1.53. The first-order valence-corrected chi connectivity index (χ1v) is 17.2. The number of benzene rings is 3. The summed E-state index contributed by atoms with van der Waals surface area (Å²) in [5, 5.41) is 14.9. The van der Waals surface area contributed by atoms with Crippen LogP contribution in [0.5, 0.6) is 5.75 Å². The summed E-state index contributed by atoms with van der Waals surface area (Å²) in [5.74, 6) is -1.81. The van der Waals surface area contributed by atoms with E-state index in [2.05, 4.69) is 20.6 Å². The molecule has 0 saturated carbocycles. The Bertz CT molecular complexity index is 1890. The molecule has 0 radical (unpaired) electrons. The lowest BCUT2D eigenvalue weighted by Gasteiger charge is -2.28. The highest BCUT2D eigenvalue weighted by molar-refractivity contribution is 7.98. The number of carboxylic acid groups (broad SMARTS) is 1. The molecule has 0 fully saturated rings. The van der Waals surface area contributed by atoms with E-state index in [9.17, 15) is 14.0 Å². The van der Waals surface area contributed by atoms with Crippen molar-refractivity contribution < 1.29 is 37.3 Å². The Hall–Kier alpha value is -4.69. The molecule has 0 aliphatic carbocycles. The van der Waals surface area contributed by atoms with Crippen molar-refractivity contribution in [2.45, 2.75) is 69.4 Å². The van der Waals surface area contributed by atoms with E-state index in [1.54, 1.807) is 45.2 Å². The summed E-state index contributed by atoms with van der Waals surface area (Å²) in [6.45, 7) is 9.07. The summed E-state index contributed by atoms with van der Waals surface area (Å²) in [5.41, 5.74) is 0.997. The lowest BCUT2D eigenvalue weighted by molar-refractivity contribution is 0.0561. The molecule has 15 heteroatoms. The van der Waals surface area contributed by atoms with Crippen molar-refractivity contribution >= 4 is 41.5 Å². The zero-order valence-corrected chi connectivity index (χ0v) is 30.5. The Labute approximate surface area is 303 Å². The highest BCUT2D eigenvalue weighted by atomic mass is 35.5. The maximum atomic E-state index is 15.4. The molecule has 0 aliphatic rings. The van der Waals surface area contributed by atoms with Crippen LogP contribution in [0.25, 0.3) is 5.69 Å². The van der Waals surface area contributed by atoms with Gasteiger partial charge in [0.2, 0.25) is 5.96 Å². The van der Waals surface area contributed by atoms with Gasteiger partial charge in [-0.1, -0.05) is 43.3 Å². The fraction of sp³-hybridized carbons (Fsp3) is 0.333. The topological polar surface area (TPSA) is 127 Å². The zero-order valence-electron chi connectivity index (χ0n) is 28.9. The van der Waals surface area contributed by atoms with Gasteiger partial charge in [0, 0.05) is 29.0 Å². The standard InChI is InChI=1S/C36H39ClF3N5O5S/c1-35(2,3)50-34(48)44-31(43-33(46)47)41-15-7-8-21-16-27(39)25(28(40)17-21)20-51-32-42-19-30(45(32)24-12-10-23(38)11-13-24)36(4,5)22-9-14-26(37)29(18-22)49-6/h9-14,16-19H,7-8,15,20H2,1-6H3,(H,46,47)(H2,41,43,44,48). The van der Waals surface area contributed by atoms with Crippen LogP contribution in [0, 0.1) is 17.5 Å². The molecule has 0 spiro atoms. The van der Waals surface area contributed by atoms with Gasteiger partial charge in [0.05, 0.1) is 24.0 Å². The molecule has 0 saturated heterocycles. The van der Waals surface area contributed by atoms with Crippen LogP contribution in [-0.4, -0.2) is 52.1 Å². The van der Waals surface area contributed by atoms with Crippen LogP contribution in [0.2, 0.25) is 5.02 Å². The smallest absolute Gasteiger partial charge is 0.434 e. The second-order valence-electron chi connectivity index (χ2n) is 12.9. The van der Waals surface area contributed by atoms with Crippen LogP contribution in [0.4, 0.5) is 22.8 Å². The number of carbonyl (C=O) groups excluding carboxylic acids is 1. The number of halogens is 4. The molecular weight excluding hydrogens is 707 g/mol. The largest absolute Gasteiger partial charge is 0.495 e. The van der Waals surface area contributed by atoms with Gasteiger partial charge >= 0.3 is 12.2 Å². The number of alkyl carbamates (subject to hydrolysis) is 1. The number of nitrogens with one attached hydrogen (secondary N) is 2. The van der Waals surface area contributed by atoms with Crippen molar-refractivity contribution in [1.29, 1.82) is 0 Å². The predicted molar refractivity (Wildman–Crippen MR) is 191 cm³/mol. The molecule has 1 aromatic heterocycles. The SMILES string of the molecule is COc1cc(C(C)(C)c2cnc(SCc3c(F)cc(CCCN/C(=N\C(=O)O)NC(=O)OC(C)(C)C)cc3F)n2-c2ccc(F)cc2)ccc1Cl. The number of aromatic nitrogens is 2. The maximum Gasteiger partial charge on any atom is 0.434 e. The lowest BCUT2D eigenvalue weighted by Crippen LogP contribution is -2.44. The molecule has 0 bridgehead atoms. The van der Waals surface area contributed by atoms with Gasteiger partial charge in [-0.3, -0.25) is 9.88 Å². The Balaban J connectivity index is 1.49. The number of nitrogens with zero attached hydrogens (tertiary/aromatic N) is 3. The number of rotatable bonds is 11. The van der Waals surface area contributed by atoms with E-state index in [0.29, 0.717) is 33.6 Å². The number of hydrogen-bond acceptors (Lipinski definition) is 6. The molecule has 1 heterocycles. The van der Waals surface area contributed by atoms with E-state index < -0.39 is 40.7 Å². The second-order valence-corrected chi connectivity index (χ2v) is 14.3. The maximum absolute atomic E-state index is 15.4. The molecular formula is C36H39ClF3N5O5S. The Morgan fingerprint density at radius 1 is 1.02 bits per heavy atom. The number of thioether (sulfide) groups is 1. The van der Waals surface area contributed by atoms with E-state index in [1.165, 1.54) is 31.4 Å². The van der Waals surface area contributed by atoms with Crippen LogP contribution in [0.3, 0.4) is 0 Å². The summed E-state index contributed by atoms with van der Waals surface area (Å²) in [6.07, 6.45) is -0.173. The molecule has 51 heavy (non-hydrogen) atoms. The van der Waals surface area contributed by atoms with Gasteiger partial charge in [0.25, 0.3) is 0 Å². The normalized spacial score (nSPS) is 12.1. The van der Waals surface area contributed by atoms with Gasteiger partial charge in [-0.25, -0.2) is 27.7 Å². The number of hydrogen-bond donors (Lipinski definition) is 3. The third kappa shape index (κ3) is 10.4. The van der Waals surface area contributed by atoms with Gasteiger partial charge in [-0.15, -0.1) is 4.99 Å². The summed E-state index contributed by atoms with van der Waals surface area (Å²) < 4.78 is 57.0. The minimum absolute atomic E-state index is 0.0856. The number of ether oxygens (including phenoxy) is 2.